The van der Waals surface area contributed by atoms with Gasteiger partial charge in [0, 0.05) is 5.56 Å². The Hall–Kier alpha value is -5.12. The smallest absolute Gasteiger partial charge is 0.337 e. The summed E-state index contributed by atoms with van der Waals surface area (Å²) in [4.78, 5) is 75.9. The number of carboxylic acid groups (broad SMARTS) is 1. The van der Waals surface area contributed by atoms with Crippen molar-refractivity contribution in [3.63, 3.8) is 0 Å². The van der Waals surface area contributed by atoms with Crippen LogP contribution in [-0.4, -0.2) is 50.6 Å². The number of carbonyl (C=O) groups is 6. The Bertz CT molecular complexity index is 1490. The van der Waals surface area contributed by atoms with Crippen LogP contribution in [-0.2, 0) is 0 Å². The fraction of sp³-hybridized carbons (Fsp3) is 0.0400. The van der Waals surface area contributed by atoms with Crippen molar-refractivity contribution >= 4 is 41.2 Å². The molecule has 172 valence electrons. The van der Waals surface area contributed by atoms with Gasteiger partial charge >= 0.3 is 5.97 Å². The summed E-state index contributed by atoms with van der Waals surface area (Å²) < 4.78 is 0. The summed E-state index contributed by atoms with van der Waals surface area (Å²) >= 11 is 0. The average Bonchev–Trinajstić information content (AvgIpc) is 3.24. The lowest BCUT2D eigenvalue weighted by atomic mass is 10.0. The minimum absolute atomic E-state index is 0.0222. The van der Waals surface area contributed by atoms with Gasteiger partial charge in [-0.15, -0.1) is 0 Å². The van der Waals surface area contributed by atoms with Gasteiger partial charge in [-0.1, -0.05) is 23.8 Å². The number of hydrogen-bond donors (Lipinski definition) is 2. The van der Waals surface area contributed by atoms with Gasteiger partial charge < -0.3 is 10.4 Å². The predicted octanol–water partition coefficient (Wildman–Crippen LogP) is 2.75. The van der Waals surface area contributed by atoms with Gasteiger partial charge in [0.25, 0.3) is 29.5 Å². The van der Waals surface area contributed by atoms with E-state index in [0.29, 0.717) is 15.6 Å². The van der Waals surface area contributed by atoms with Crippen LogP contribution in [0.25, 0.3) is 0 Å². The lowest BCUT2D eigenvalue weighted by molar-refractivity contribution is 0.00845. The summed E-state index contributed by atoms with van der Waals surface area (Å²) in [6.07, 6.45) is 0. The molecular weight excluding hydrogens is 454 g/mol. The monoisotopic (exact) mass is 469 g/mol. The first-order chi connectivity index (χ1) is 16.7. The number of amides is 5. The van der Waals surface area contributed by atoms with Crippen molar-refractivity contribution < 1.29 is 33.9 Å². The molecule has 5 amide bonds. The number of anilines is 1. The van der Waals surface area contributed by atoms with Crippen LogP contribution in [0.2, 0.25) is 0 Å². The minimum Gasteiger partial charge on any atom is -0.478 e. The molecule has 5 rings (SSSR count). The zero-order valence-electron chi connectivity index (χ0n) is 18.1. The molecule has 0 bridgehead atoms. The van der Waals surface area contributed by atoms with Crippen LogP contribution in [0.5, 0.6) is 0 Å². The average molecular weight is 469 g/mol. The molecule has 10 heteroatoms. The first-order valence-electron chi connectivity index (χ1n) is 10.3. The molecule has 0 aromatic heterocycles. The molecule has 0 fully saturated rings. The maximum absolute atomic E-state index is 13.1. The van der Waals surface area contributed by atoms with Crippen molar-refractivity contribution in [3.05, 3.63) is 99.6 Å². The van der Waals surface area contributed by atoms with E-state index in [2.05, 4.69) is 5.32 Å². The molecule has 3 aromatic carbocycles. The van der Waals surface area contributed by atoms with Crippen LogP contribution in [0.3, 0.4) is 0 Å². The molecule has 2 aliphatic rings. The van der Waals surface area contributed by atoms with Crippen LogP contribution < -0.4 is 5.32 Å². The van der Waals surface area contributed by atoms with E-state index in [0.717, 1.165) is 6.07 Å². The Balaban J connectivity index is 1.45. The Morgan fingerprint density at radius 2 is 1.26 bits per heavy atom. The van der Waals surface area contributed by atoms with Gasteiger partial charge in [0.2, 0.25) is 0 Å². The highest BCUT2D eigenvalue weighted by Gasteiger charge is 2.48. The van der Waals surface area contributed by atoms with Crippen molar-refractivity contribution in [2.75, 3.05) is 5.32 Å². The Kier molecular flexibility index (Phi) is 4.80. The van der Waals surface area contributed by atoms with E-state index >= 15 is 0 Å². The summed E-state index contributed by atoms with van der Waals surface area (Å²) in [7, 11) is 0. The molecule has 2 aliphatic heterocycles. The van der Waals surface area contributed by atoms with Crippen molar-refractivity contribution in [1.29, 1.82) is 0 Å². The van der Waals surface area contributed by atoms with Gasteiger partial charge in [-0.05, 0) is 49.4 Å². The molecule has 35 heavy (non-hydrogen) atoms. The number of hydrazine groups is 1. The van der Waals surface area contributed by atoms with Crippen molar-refractivity contribution in [1.82, 2.24) is 10.0 Å². The highest BCUT2D eigenvalue weighted by Crippen LogP contribution is 2.31. The number of aryl methyl sites for hydroxylation is 1. The predicted molar refractivity (Wildman–Crippen MR) is 120 cm³/mol. The van der Waals surface area contributed by atoms with Crippen LogP contribution in [0, 0.1) is 6.92 Å². The fourth-order valence-corrected chi connectivity index (χ4v) is 4.05. The van der Waals surface area contributed by atoms with E-state index in [1.54, 1.807) is 25.1 Å². The van der Waals surface area contributed by atoms with E-state index in [1.807, 2.05) is 0 Å². The lowest BCUT2D eigenvalue weighted by Crippen LogP contribution is -2.49. The summed E-state index contributed by atoms with van der Waals surface area (Å²) in [5, 5.41) is 12.9. The van der Waals surface area contributed by atoms with E-state index < -0.39 is 35.5 Å². The van der Waals surface area contributed by atoms with Gasteiger partial charge in [0.15, 0.2) is 0 Å². The number of aromatic carboxylic acids is 1. The van der Waals surface area contributed by atoms with Crippen molar-refractivity contribution in [2.24, 2.45) is 0 Å². The van der Waals surface area contributed by atoms with E-state index in [4.69, 9.17) is 0 Å². The highest BCUT2D eigenvalue weighted by atomic mass is 16.4. The quantitative estimate of drug-likeness (QED) is 0.560. The third-order valence-corrected chi connectivity index (χ3v) is 5.75. The number of carboxylic acids is 1. The minimum atomic E-state index is -1.23. The van der Waals surface area contributed by atoms with Crippen LogP contribution in [0.4, 0.5) is 5.69 Å². The second-order valence-electron chi connectivity index (χ2n) is 7.96. The summed E-state index contributed by atoms with van der Waals surface area (Å²) in [5.41, 5.74) is 0.515. The Labute approximate surface area is 197 Å². The Morgan fingerprint density at radius 1 is 0.714 bits per heavy atom. The first kappa shape index (κ1) is 21.7. The molecule has 0 spiro atoms. The van der Waals surface area contributed by atoms with Gasteiger partial charge in [0.1, 0.15) is 0 Å². The number of imide groups is 2. The first-order valence-corrected chi connectivity index (χ1v) is 10.3. The molecule has 2 heterocycles. The van der Waals surface area contributed by atoms with Gasteiger partial charge in [-0.2, -0.15) is 10.0 Å². The highest BCUT2D eigenvalue weighted by molar-refractivity contribution is 6.28. The molecule has 0 saturated heterocycles. The van der Waals surface area contributed by atoms with Gasteiger partial charge in [-0.25, -0.2) is 4.79 Å². The maximum Gasteiger partial charge on any atom is 0.337 e. The normalized spacial score (nSPS) is 14.3. The number of fused-ring (bicyclic) bond motifs is 2. The number of benzene rings is 3. The van der Waals surface area contributed by atoms with E-state index in [-0.39, 0.29) is 39.1 Å². The number of rotatable bonds is 4. The summed E-state index contributed by atoms with van der Waals surface area (Å²) in [6.45, 7) is 1.71. The van der Waals surface area contributed by atoms with Crippen molar-refractivity contribution in [2.45, 2.75) is 6.92 Å². The molecule has 10 nitrogen and oxygen atoms in total. The van der Waals surface area contributed by atoms with Gasteiger partial charge in [0.05, 0.1) is 33.5 Å². The molecule has 0 unspecified atom stereocenters. The zero-order chi connectivity index (χ0) is 25.0. The zero-order valence-corrected chi connectivity index (χ0v) is 18.1. The van der Waals surface area contributed by atoms with Crippen LogP contribution in [0.1, 0.15) is 67.7 Å². The van der Waals surface area contributed by atoms with Crippen molar-refractivity contribution in [3.8, 4) is 0 Å². The largest absolute Gasteiger partial charge is 0.478 e. The van der Waals surface area contributed by atoms with E-state index in [1.165, 1.54) is 36.4 Å². The molecule has 2 N–H and O–H groups in total. The molecule has 3 aromatic rings. The standard InChI is InChI=1S/C25H15N3O7/c1-12-6-9-19(18(10-12)25(34)35)26-20(29)13-7-8-16-17(11-13)24(33)28(23(16)32)27-21(30)14-4-2-3-5-15(14)22(27)31/h2-11H,1H3,(H,26,29)(H,34,35). The number of carbonyl (C=O) groups excluding carboxylic acids is 5. The fourth-order valence-electron chi connectivity index (χ4n) is 4.05. The molecule has 0 atom stereocenters. The number of nitrogens with one attached hydrogen (secondary N) is 1. The third kappa shape index (κ3) is 3.27. The van der Waals surface area contributed by atoms with Crippen LogP contribution in [0.15, 0.2) is 60.7 Å². The molecule has 0 aliphatic carbocycles. The second-order valence-corrected chi connectivity index (χ2v) is 7.96. The van der Waals surface area contributed by atoms with Gasteiger partial charge in [-0.3, -0.25) is 24.0 Å². The SMILES string of the molecule is Cc1ccc(NC(=O)c2ccc3c(c2)C(=O)N(N2C(=O)c4ccccc4C2=O)C3=O)c(C(=O)O)c1. The summed E-state index contributed by atoms with van der Waals surface area (Å²) in [5.74, 6) is -5.36. The number of nitrogens with zero attached hydrogens (tertiary/aromatic N) is 2. The van der Waals surface area contributed by atoms with E-state index in [9.17, 15) is 33.9 Å². The van der Waals surface area contributed by atoms with Crippen LogP contribution >= 0.6 is 0 Å². The molecular formula is C25H15N3O7. The third-order valence-electron chi connectivity index (χ3n) is 5.75. The molecule has 0 saturated carbocycles. The Morgan fingerprint density at radius 3 is 1.83 bits per heavy atom. The second kappa shape index (κ2) is 7.73. The summed E-state index contributed by atoms with van der Waals surface area (Å²) in [6, 6.07) is 14.2. The lowest BCUT2D eigenvalue weighted by Gasteiger charge is -2.23. The number of hydrogen-bond acceptors (Lipinski definition) is 6. The maximum atomic E-state index is 13.1. The molecule has 0 radical (unpaired) electrons. The topological polar surface area (TPSA) is 141 Å².